The monoisotopic (exact) mass is 478 g/mol. The first kappa shape index (κ1) is 29.1. The van der Waals surface area contributed by atoms with E-state index < -0.39 is 0 Å². The maximum Gasteiger partial charge on any atom is 0.170 e. The van der Waals surface area contributed by atoms with Gasteiger partial charge in [-0.2, -0.15) is 0 Å². The summed E-state index contributed by atoms with van der Waals surface area (Å²) in [5.74, 6) is 0.912. The van der Waals surface area contributed by atoms with Crippen LogP contribution in [0.1, 0.15) is 121 Å². The number of hydrogen-bond acceptors (Lipinski definition) is 1. The average molecular weight is 479 g/mol. The third-order valence-electron chi connectivity index (χ3n) is 6.97. The number of rotatable bonds is 21. The summed E-state index contributed by atoms with van der Waals surface area (Å²) in [6.07, 6.45) is 24.9. The Morgan fingerprint density at radius 2 is 1.09 bits per heavy atom. The van der Waals surface area contributed by atoms with Crippen molar-refractivity contribution in [3.05, 3.63) is 65.7 Å². The molecule has 0 fully saturated rings. The third kappa shape index (κ3) is 14.8. The first-order valence-corrected chi connectivity index (χ1v) is 14.6. The van der Waals surface area contributed by atoms with Crippen LogP contribution in [0.25, 0.3) is 0 Å². The Hall–Kier alpha value is -2.09. The molecule has 0 saturated heterocycles. The molecule has 0 aromatic heterocycles. The van der Waals surface area contributed by atoms with E-state index in [9.17, 15) is 0 Å². The topological polar surface area (TPSA) is 12.2 Å². The summed E-state index contributed by atoms with van der Waals surface area (Å²) in [5.41, 5.74) is 2.60. The molecule has 194 valence electrons. The van der Waals surface area contributed by atoms with E-state index in [2.05, 4.69) is 60.2 Å². The van der Waals surface area contributed by atoms with Gasteiger partial charge in [-0.25, -0.2) is 4.58 Å². The van der Waals surface area contributed by atoms with Gasteiger partial charge in [-0.3, -0.25) is 0 Å². The van der Waals surface area contributed by atoms with Crippen LogP contribution in [0.2, 0.25) is 0 Å². The molecule has 0 spiro atoms. The lowest BCUT2D eigenvalue weighted by Crippen LogP contribution is -2.15. The second-order valence-corrected chi connectivity index (χ2v) is 10.2. The molecular weight excluding hydrogens is 426 g/mol. The van der Waals surface area contributed by atoms with Crippen LogP contribution in [0.15, 0.2) is 54.6 Å². The van der Waals surface area contributed by atoms with E-state index in [1.54, 1.807) is 7.11 Å². The van der Waals surface area contributed by atoms with Gasteiger partial charge in [0, 0.05) is 17.5 Å². The number of ether oxygens (including phenoxy) is 1. The predicted octanol–water partition coefficient (Wildman–Crippen LogP) is 9.59. The largest absolute Gasteiger partial charge is 0.497 e. The number of hydrogen-bond donors (Lipinski definition) is 0. The van der Waals surface area contributed by atoms with Crippen molar-refractivity contribution in [3.63, 3.8) is 0 Å². The number of benzene rings is 2. The smallest absolute Gasteiger partial charge is 0.170 e. The summed E-state index contributed by atoms with van der Waals surface area (Å²) < 4.78 is 7.78. The molecule has 2 heteroatoms. The second-order valence-electron chi connectivity index (χ2n) is 10.2. The van der Waals surface area contributed by atoms with Crippen molar-refractivity contribution in [1.82, 2.24) is 0 Å². The Bertz CT molecular complexity index is 765. The molecule has 0 aliphatic carbocycles. The Morgan fingerprint density at radius 3 is 1.57 bits per heavy atom. The molecule has 2 aromatic carbocycles. The number of unbranched alkanes of at least 4 members (excludes halogenated alkanes) is 15. The normalized spacial score (nSPS) is 11.7. The summed E-state index contributed by atoms with van der Waals surface area (Å²) in [6.45, 7) is 4.37. The van der Waals surface area contributed by atoms with Crippen molar-refractivity contribution in [3.8, 4) is 5.75 Å². The van der Waals surface area contributed by atoms with Crippen molar-refractivity contribution in [2.24, 2.45) is 0 Å². The van der Waals surface area contributed by atoms with E-state index in [-0.39, 0.29) is 0 Å². The Morgan fingerprint density at radius 1 is 0.600 bits per heavy atom. The molecule has 35 heavy (non-hydrogen) atoms. The standard InChI is InChI=1S/C33H52NO/c1-3-4-5-6-7-8-9-10-11-12-13-14-15-16-17-21-28-34(29-31-22-19-18-20-23-31)30-32-24-26-33(35-2)27-25-32/h18-20,22-27,30H,3-17,21,28-29H2,1-2H3/q+1. The predicted molar refractivity (Wildman–Crippen MR) is 153 cm³/mol. The number of methoxy groups -OCH3 is 1. The number of nitrogens with zero attached hydrogens (tertiary/aromatic N) is 1. The van der Waals surface area contributed by atoms with Gasteiger partial charge in [-0.15, -0.1) is 0 Å². The van der Waals surface area contributed by atoms with Crippen LogP contribution in [-0.2, 0) is 6.54 Å². The van der Waals surface area contributed by atoms with Crippen LogP contribution >= 0.6 is 0 Å². The molecule has 0 radical (unpaired) electrons. The minimum Gasteiger partial charge on any atom is -0.497 e. The maximum absolute atomic E-state index is 5.31. The van der Waals surface area contributed by atoms with Gasteiger partial charge < -0.3 is 4.74 Å². The van der Waals surface area contributed by atoms with E-state index in [1.807, 2.05) is 12.1 Å². The fraction of sp³-hybridized carbons (Fsp3) is 0.606. The van der Waals surface area contributed by atoms with E-state index in [1.165, 1.54) is 114 Å². The Labute approximate surface area is 216 Å². The van der Waals surface area contributed by atoms with E-state index >= 15 is 0 Å². The fourth-order valence-electron chi connectivity index (χ4n) is 4.77. The lowest BCUT2D eigenvalue weighted by atomic mass is 10.0. The van der Waals surface area contributed by atoms with Gasteiger partial charge in [0.2, 0.25) is 0 Å². The zero-order valence-electron chi connectivity index (χ0n) is 22.9. The molecule has 0 heterocycles. The van der Waals surface area contributed by atoms with E-state index in [0.717, 1.165) is 18.8 Å². The fourth-order valence-corrected chi connectivity index (χ4v) is 4.77. The van der Waals surface area contributed by atoms with Crippen LogP contribution in [-0.4, -0.2) is 24.4 Å². The van der Waals surface area contributed by atoms with Crippen molar-refractivity contribution in [2.45, 2.75) is 116 Å². The summed E-state index contributed by atoms with van der Waals surface area (Å²) in [7, 11) is 1.72. The van der Waals surface area contributed by atoms with Gasteiger partial charge >= 0.3 is 0 Å². The minimum atomic E-state index is 0.912. The summed E-state index contributed by atoms with van der Waals surface area (Å²) in [6, 6.07) is 19.2. The third-order valence-corrected chi connectivity index (χ3v) is 6.97. The summed E-state index contributed by atoms with van der Waals surface area (Å²) in [4.78, 5) is 0. The average Bonchev–Trinajstić information content (AvgIpc) is 2.89. The molecule has 0 atom stereocenters. The van der Waals surface area contributed by atoms with Crippen LogP contribution in [0.5, 0.6) is 5.75 Å². The van der Waals surface area contributed by atoms with E-state index in [4.69, 9.17) is 4.74 Å². The van der Waals surface area contributed by atoms with Crippen molar-refractivity contribution in [1.29, 1.82) is 0 Å². The van der Waals surface area contributed by atoms with Crippen LogP contribution in [0, 0.1) is 0 Å². The van der Waals surface area contributed by atoms with Gasteiger partial charge in [-0.1, -0.05) is 127 Å². The van der Waals surface area contributed by atoms with Gasteiger partial charge in [-0.05, 0) is 30.7 Å². The van der Waals surface area contributed by atoms with Crippen LogP contribution in [0.4, 0.5) is 0 Å². The zero-order chi connectivity index (χ0) is 24.8. The van der Waals surface area contributed by atoms with Crippen LogP contribution < -0.4 is 4.74 Å². The highest BCUT2D eigenvalue weighted by atomic mass is 16.5. The SMILES string of the molecule is CCCCCCCCCCCCCCCCCC[N+](=Cc1ccc(OC)cc1)Cc1ccccc1. The van der Waals surface area contributed by atoms with Gasteiger partial charge in [0.1, 0.15) is 12.3 Å². The minimum absolute atomic E-state index is 0.912. The Balaban J connectivity index is 1.56. The second kappa shape index (κ2) is 20.1. The Kier molecular flexibility index (Phi) is 16.8. The molecule has 2 nitrogen and oxygen atoms in total. The van der Waals surface area contributed by atoms with Crippen LogP contribution in [0.3, 0.4) is 0 Å². The highest BCUT2D eigenvalue weighted by Crippen LogP contribution is 2.14. The van der Waals surface area contributed by atoms with E-state index in [0.29, 0.717) is 0 Å². The molecule has 2 aromatic rings. The molecule has 0 aliphatic rings. The lowest BCUT2D eigenvalue weighted by Gasteiger charge is -2.06. The molecule has 0 N–H and O–H groups in total. The van der Waals surface area contributed by atoms with Crippen molar-refractivity contribution < 1.29 is 9.31 Å². The molecule has 0 amide bonds. The van der Waals surface area contributed by atoms with Crippen molar-refractivity contribution in [2.75, 3.05) is 13.7 Å². The van der Waals surface area contributed by atoms with Gasteiger partial charge in [0.05, 0.1) is 7.11 Å². The summed E-state index contributed by atoms with van der Waals surface area (Å²) in [5, 5.41) is 0. The molecular formula is C33H52NO+. The highest BCUT2D eigenvalue weighted by Gasteiger charge is 2.07. The molecule has 0 unspecified atom stereocenters. The van der Waals surface area contributed by atoms with Gasteiger partial charge in [0.25, 0.3) is 0 Å². The molecule has 0 aliphatic heterocycles. The summed E-state index contributed by atoms with van der Waals surface area (Å²) >= 11 is 0. The molecule has 0 saturated carbocycles. The van der Waals surface area contributed by atoms with Crippen molar-refractivity contribution >= 4 is 6.21 Å². The zero-order valence-corrected chi connectivity index (χ0v) is 22.9. The van der Waals surface area contributed by atoms with Gasteiger partial charge in [0.15, 0.2) is 12.8 Å². The molecule has 2 rings (SSSR count). The first-order valence-electron chi connectivity index (χ1n) is 14.6. The maximum atomic E-state index is 5.31. The first-order chi connectivity index (χ1) is 17.3. The molecule has 0 bridgehead atoms. The lowest BCUT2D eigenvalue weighted by molar-refractivity contribution is -0.539. The quantitative estimate of drug-likeness (QED) is 0.0988. The highest BCUT2D eigenvalue weighted by molar-refractivity contribution is 5.75.